The molecule has 1 heterocycles. The molecule has 1 saturated heterocycles. The minimum atomic E-state index is -0.0267. The van der Waals surface area contributed by atoms with Gasteiger partial charge in [0, 0.05) is 31.9 Å². The first-order valence-electron chi connectivity index (χ1n) is 8.35. The summed E-state index contributed by atoms with van der Waals surface area (Å²) in [6.07, 6.45) is 0. The van der Waals surface area contributed by atoms with Crippen LogP contribution >= 0.6 is 0 Å². The number of phenolic OH excluding ortho intramolecular Hbond substituents is 1. The molecule has 2 aromatic carbocycles. The van der Waals surface area contributed by atoms with Gasteiger partial charge in [0.2, 0.25) is 5.91 Å². The second-order valence-corrected chi connectivity index (χ2v) is 6.03. The largest absolute Gasteiger partial charge is 0.506 e. The van der Waals surface area contributed by atoms with Crippen molar-refractivity contribution in [3.8, 4) is 11.5 Å². The van der Waals surface area contributed by atoms with Gasteiger partial charge >= 0.3 is 0 Å². The number of benzene rings is 2. The van der Waals surface area contributed by atoms with Crippen molar-refractivity contribution in [3.63, 3.8) is 0 Å². The average Bonchev–Trinajstić information content (AvgIpc) is 2.63. The fourth-order valence-electron chi connectivity index (χ4n) is 2.96. The third-order valence-corrected chi connectivity index (χ3v) is 4.34. The minimum absolute atomic E-state index is 0.0267. The fraction of sp³-hybridized carbons (Fsp3) is 0.316. The number of amides is 1. The van der Waals surface area contributed by atoms with E-state index in [0.717, 1.165) is 43.3 Å². The number of hydrogen-bond donors (Lipinski definition) is 2. The van der Waals surface area contributed by atoms with Crippen LogP contribution in [0.25, 0.3) is 0 Å². The molecule has 0 aromatic heterocycles. The summed E-state index contributed by atoms with van der Waals surface area (Å²) in [5, 5.41) is 12.9. The van der Waals surface area contributed by atoms with E-state index in [1.54, 1.807) is 13.2 Å². The molecular weight excluding hydrogens is 318 g/mol. The molecule has 0 aliphatic carbocycles. The first-order valence-corrected chi connectivity index (χ1v) is 8.35. The predicted octanol–water partition coefficient (Wildman–Crippen LogP) is 2.16. The van der Waals surface area contributed by atoms with E-state index >= 15 is 0 Å². The topological polar surface area (TPSA) is 65.0 Å². The molecule has 6 heteroatoms. The van der Waals surface area contributed by atoms with Crippen LogP contribution in [0.1, 0.15) is 0 Å². The lowest BCUT2D eigenvalue weighted by molar-refractivity contribution is -0.117. The Morgan fingerprint density at radius 3 is 2.40 bits per heavy atom. The number of rotatable bonds is 5. The van der Waals surface area contributed by atoms with E-state index in [4.69, 9.17) is 4.74 Å². The van der Waals surface area contributed by atoms with Crippen LogP contribution < -0.4 is 15.0 Å². The average molecular weight is 341 g/mol. The molecule has 0 saturated carbocycles. The summed E-state index contributed by atoms with van der Waals surface area (Å²) in [6, 6.07) is 14.6. The van der Waals surface area contributed by atoms with Gasteiger partial charge in [-0.3, -0.25) is 9.69 Å². The minimum Gasteiger partial charge on any atom is -0.506 e. The number of nitrogens with zero attached hydrogens (tertiary/aromatic N) is 2. The standard InChI is InChI=1S/C19H23N3O3/c1-25-16-8-6-15(7-9-16)20-19(24)14-21-10-12-22(13-11-21)17-4-2-3-5-18(17)23/h2-9,23H,10-14H2,1H3,(H,20,24). The van der Waals surface area contributed by atoms with Crippen LogP contribution in [0.2, 0.25) is 0 Å². The highest BCUT2D eigenvalue weighted by Crippen LogP contribution is 2.27. The number of phenols is 1. The SMILES string of the molecule is COc1ccc(NC(=O)CN2CCN(c3ccccc3O)CC2)cc1. The molecule has 0 radical (unpaired) electrons. The zero-order chi connectivity index (χ0) is 17.6. The Morgan fingerprint density at radius 2 is 1.76 bits per heavy atom. The quantitative estimate of drug-likeness (QED) is 0.872. The molecule has 25 heavy (non-hydrogen) atoms. The molecule has 6 nitrogen and oxygen atoms in total. The number of anilines is 2. The van der Waals surface area contributed by atoms with Gasteiger partial charge in [-0.1, -0.05) is 12.1 Å². The Morgan fingerprint density at radius 1 is 1.08 bits per heavy atom. The van der Waals surface area contributed by atoms with Crippen molar-refractivity contribution in [1.29, 1.82) is 0 Å². The Bertz CT molecular complexity index is 710. The Hall–Kier alpha value is -2.73. The summed E-state index contributed by atoms with van der Waals surface area (Å²) in [5.74, 6) is 1.03. The normalized spacial score (nSPS) is 15.0. The Labute approximate surface area is 147 Å². The van der Waals surface area contributed by atoms with Gasteiger partial charge in [0.15, 0.2) is 0 Å². The number of methoxy groups -OCH3 is 1. The lowest BCUT2D eigenvalue weighted by atomic mass is 10.2. The second-order valence-electron chi connectivity index (χ2n) is 6.03. The number of piperazine rings is 1. The molecule has 1 fully saturated rings. The van der Waals surface area contributed by atoms with Crippen LogP contribution in [-0.4, -0.2) is 55.7 Å². The molecule has 0 unspecified atom stereocenters. The molecule has 2 aromatic rings. The van der Waals surface area contributed by atoms with Gasteiger partial charge < -0.3 is 20.1 Å². The Balaban J connectivity index is 1.48. The highest BCUT2D eigenvalue weighted by molar-refractivity contribution is 5.92. The Kier molecular flexibility index (Phi) is 5.40. The summed E-state index contributed by atoms with van der Waals surface area (Å²) in [5.41, 5.74) is 1.61. The van der Waals surface area contributed by atoms with Crippen LogP contribution in [0.5, 0.6) is 11.5 Å². The first-order chi connectivity index (χ1) is 12.2. The van der Waals surface area contributed by atoms with Crippen molar-refractivity contribution < 1.29 is 14.6 Å². The molecule has 0 bridgehead atoms. The summed E-state index contributed by atoms with van der Waals surface area (Å²) >= 11 is 0. The maximum absolute atomic E-state index is 12.2. The van der Waals surface area contributed by atoms with E-state index in [2.05, 4.69) is 15.1 Å². The maximum atomic E-state index is 12.2. The fourth-order valence-corrected chi connectivity index (χ4v) is 2.96. The molecule has 1 aliphatic heterocycles. The van der Waals surface area contributed by atoms with Crippen molar-refractivity contribution in [2.75, 3.05) is 50.1 Å². The molecule has 0 atom stereocenters. The highest BCUT2D eigenvalue weighted by atomic mass is 16.5. The number of carbonyl (C=O) groups excluding carboxylic acids is 1. The van der Waals surface area contributed by atoms with Gasteiger partial charge in [-0.05, 0) is 36.4 Å². The first kappa shape index (κ1) is 17.1. The van der Waals surface area contributed by atoms with E-state index < -0.39 is 0 Å². The zero-order valence-electron chi connectivity index (χ0n) is 14.3. The zero-order valence-corrected chi connectivity index (χ0v) is 14.3. The molecule has 0 spiro atoms. The van der Waals surface area contributed by atoms with E-state index in [-0.39, 0.29) is 5.91 Å². The third kappa shape index (κ3) is 4.42. The van der Waals surface area contributed by atoms with E-state index in [1.165, 1.54) is 0 Å². The third-order valence-electron chi connectivity index (χ3n) is 4.34. The van der Waals surface area contributed by atoms with Crippen LogP contribution in [0.15, 0.2) is 48.5 Å². The smallest absolute Gasteiger partial charge is 0.238 e. The van der Waals surface area contributed by atoms with E-state index in [0.29, 0.717) is 12.3 Å². The van der Waals surface area contributed by atoms with Gasteiger partial charge in [0.25, 0.3) is 0 Å². The summed E-state index contributed by atoms with van der Waals surface area (Å²) in [4.78, 5) is 16.5. The molecular formula is C19H23N3O3. The number of hydrogen-bond acceptors (Lipinski definition) is 5. The van der Waals surface area contributed by atoms with Crippen LogP contribution in [0.4, 0.5) is 11.4 Å². The van der Waals surface area contributed by atoms with Gasteiger partial charge in [0.1, 0.15) is 11.5 Å². The van der Waals surface area contributed by atoms with Crippen molar-refractivity contribution in [2.45, 2.75) is 0 Å². The van der Waals surface area contributed by atoms with Crippen LogP contribution in [0.3, 0.4) is 0 Å². The van der Waals surface area contributed by atoms with E-state index in [9.17, 15) is 9.90 Å². The molecule has 2 N–H and O–H groups in total. The number of aromatic hydroxyl groups is 1. The molecule has 3 rings (SSSR count). The number of nitrogens with one attached hydrogen (secondary N) is 1. The lowest BCUT2D eigenvalue weighted by Gasteiger charge is -2.35. The lowest BCUT2D eigenvalue weighted by Crippen LogP contribution is -2.48. The summed E-state index contributed by atoms with van der Waals surface area (Å²) in [6.45, 7) is 3.50. The molecule has 1 aliphatic rings. The molecule has 132 valence electrons. The predicted molar refractivity (Wildman–Crippen MR) is 98.4 cm³/mol. The van der Waals surface area contributed by atoms with Gasteiger partial charge in [0.05, 0.1) is 19.3 Å². The van der Waals surface area contributed by atoms with Crippen LogP contribution in [-0.2, 0) is 4.79 Å². The number of para-hydroxylation sites is 2. The second kappa shape index (κ2) is 7.90. The number of carbonyl (C=O) groups is 1. The summed E-state index contributed by atoms with van der Waals surface area (Å²) in [7, 11) is 1.61. The monoisotopic (exact) mass is 341 g/mol. The van der Waals surface area contributed by atoms with Crippen LogP contribution in [0, 0.1) is 0 Å². The van der Waals surface area contributed by atoms with Gasteiger partial charge in [-0.25, -0.2) is 0 Å². The van der Waals surface area contributed by atoms with Gasteiger partial charge in [-0.2, -0.15) is 0 Å². The summed E-state index contributed by atoms with van der Waals surface area (Å²) < 4.78 is 5.11. The van der Waals surface area contributed by atoms with Crippen molar-refractivity contribution in [3.05, 3.63) is 48.5 Å². The van der Waals surface area contributed by atoms with Crippen molar-refractivity contribution in [1.82, 2.24) is 4.90 Å². The van der Waals surface area contributed by atoms with E-state index in [1.807, 2.05) is 42.5 Å². The van der Waals surface area contributed by atoms with Crippen molar-refractivity contribution in [2.24, 2.45) is 0 Å². The van der Waals surface area contributed by atoms with Crippen molar-refractivity contribution >= 4 is 17.3 Å². The highest BCUT2D eigenvalue weighted by Gasteiger charge is 2.20. The van der Waals surface area contributed by atoms with Gasteiger partial charge in [-0.15, -0.1) is 0 Å². The molecule has 1 amide bonds. The maximum Gasteiger partial charge on any atom is 0.238 e. The number of ether oxygens (including phenoxy) is 1.